The Kier molecular flexibility index (Phi) is 2.73. The smallest absolute Gasteiger partial charge is 0.0457 e. The van der Waals surface area contributed by atoms with Gasteiger partial charge in [-0.2, -0.15) is 0 Å². The van der Waals surface area contributed by atoms with Gasteiger partial charge in [-0.1, -0.05) is 68.0 Å². The van der Waals surface area contributed by atoms with Crippen molar-refractivity contribution in [1.29, 1.82) is 0 Å². The SMILES string of the molecule is CC1=C\CC(c2ccccc2)C23c4c5c6c7c8c9c(c%10c%11c2c2c4c4c%12c5c5c6c6c8c8c%13c9c9c%10c%10c%11c%11c2c2c4c4c%12c%12c5c5c6c8c6c8c%13c9c9c%10c%10c%11c2c2c4c4c%12c5c6c5c8c9c%10c2c45)C73C(C)(C)\C=C\1. The van der Waals surface area contributed by atoms with Crippen molar-refractivity contribution in [3.05, 3.63) is 82.0 Å². The first-order chi connectivity index (χ1) is 37.6. The molecule has 29 aromatic rings. The van der Waals surface area contributed by atoms with Crippen LogP contribution in [0.4, 0.5) is 0 Å². The lowest BCUT2D eigenvalue weighted by molar-refractivity contribution is 0.150. The van der Waals surface area contributed by atoms with E-state index in [4.69, 9.17) is 0 Å². The second kappa shape index (κ2) is 6.94. The molecule has 324 valence electrons. The van der Waals surface area contributed by atoms with E-state index in [1.807, 2.05) is 0 Å². The van der Waals surface area contributed by atoms with Gasteiger partial charge < -0.3 is 0 Å². The van der Waals surface area contributed by atoms with Crippen LogP contribution in [-0.4, -0.2) is 0 Å². The Balaban J connectivity index is 1.15. The molecule has 2 spiro atoms. The molecule has 0 amide bonds. The number of benzene rings is 19. The van der Waals surface area contributed by atoms with E-state index in [0.717, 1.165) is 6.42 Å². The van der Waals surface area contributed by atoms with Gasteiger partial charge in [-0.15, -0.1) is 0 Å². The van der Waals surface area contributed by atoms with Crippen molar-refractivity contribution in [1.82, 2.24) is 0 Å². The number of rotatable bonds is 1. The van der Waals surface area contributed by atoms with Gasteiger partial charge >= 0.3 is 0 Å². The van der Waals surface area contributed by atoms with Gasteiger partial charge in [0.2, 0.25) is 0 Å². The zero-order valence-corrected chi connectivity index (χ0v) is 40.4. The summed E-state index contributed by atoms with van der Waals surface area (Å²) in [6.07, 6.45) is 9.12. The van der Waals surface area contributed by atoms with Crippen LogP contribution in [0.15, 0.2) is 54.1 Å². The third-order valence-electron chi connectivity index (χ3n) is 27.5. The fourth-order valence-electron chi connectivity index (χ4n) is 27.2. The van der Waals surface area contributed by atoms with Gasteiger partial charge in [-0.05, 0) is 337 Å². The van der Waals surface area contributed by atoms with Gasteiger partial charge in [0.25, 0.3) is 0 Å². The second-order valence-corrected chi connectivity index (χ2v) is 28.5. The molecule has 0 saturated carbocycles. The Morgan fingerprint density at radius 1 is 0.289 bits per heavy atom. The monoisotopic (exact) mass is 932 g/mol. The van der Waals surface area contributed by atoms with Gasteiger partial charge in [0, 0.05) is 16.7 Å². The lowest BCUT2D eigenvalue weighted by Gasteiger charge is -2.63. The minimum atomic E-state index is -0.416. The largest absolute Gasteiger partial charge is 0.0810 e. The molecule has 76 heavy (non-hydrogen) atoms. The Morgan fingerprint density at radius 2 is 0.513 bits per heavy atom. The predicted octanol–water partition coefficient (Wildman–Crippen LogP) is 21.0. The van der Waals surface area contributed by atoms with Gasteiger partial charge in [-0.3, -0.25) is 0 Å². The molecule has 0 aromatic heterocycles. The van der Waals surface area contributed by atoms with E-state index in [1.54, 1.807) is 313 Å². The topological polar surface area (TPSA) is 0 Å². The fourth-order valence-corrected chi connectivity index (χ4v) is 27.2. The highest BCUT2D eigenvalue weighted by Crippen LogP contribution is 2.88. The van der Waals surface area contributed by atoms with E-state index in [0.29, 0.717) is 0 Å². The quantitative estimate of drug-likeness (QED) is 0.144. The van der Waals surface area contributed by atoms with Crippen LogP contribution in [0.1, 0.15) is 60.9 Å². The summed E-state index contributed by atoms with van der Waals surface area (Å²) in [6, 6.07) is 12.3. The van der Waals surface area contributed by atoms with Crippen LogP contribution in [-0.2, 0) is 10.8 Å². The van der Waals surface area contributed by atoms with Crippen molar-refractivity contribution in [2.75, 3.05) is 0 Å². The first-order valence-corrected chi connectivity index (χ1v) is 28.8. The van der Waals surface area contributed by atoms with Gasteiger partial charge in [-0.25, -0.2) is 0 Å². The van der Waals surface area contributed by atoms with Crippen LogP contribution in [0, 0.1) is 5.41 Å². The summed E-state index contributed by atoms with van der Waals surface area (Å²) in [5.74, 6) is 0.193. The van der Waals surface area contributed by atoms with Crippen LogP contribution in [0.25, 0.3) is 291 Å². The van der Waals surface area contributed by atoms with Crippen molar-refractivity contribution >= 4 is 291 Å². The molecule has 0 nitrogen and oxygen atoms in total. The molecule has 0 heterocycles. The van der Waals surface area contributed by atoms with Crippen LogP contribution in [0.5, 0.6) is 0 Å². The normalized spacial score (nSPS) is 24.9. The molecular formula is C76H20. The van der Waals surface area contributed by atoms with Gasteiger partial charge in [0.05, 0.1) is 0 Å². The van der Waals surface area contributed by atoms with Crippen molar-refractivity contribution in [2.45, 2.75) is 43.9 Å². The van der Waals surface area contributed by atoms with Crippen LogP contribution in [0.2, 0.25) is 0 Å². The maximum Gasteiger partial charge on any atom is 0.0457 e. The number of hydrogen-bond acceptors (Lipinski definition) is 0. The molecular weight excluding hydrogens is 913 g/mol. The first-order valence-electron chi connectivity index (χ1n) is 28.8. The highest BCUT2D eigenvalue weighted by atomic mass is 14.8. The maximum atomic E-state index is 2.80. The molecule has 0 aliphatic heterocycles. The van der Waals surface area contributed by atoms with Crippen molar-refractivity contribution in [3.63, 3.8) is 0 Å². The molecule has 5 aliphatic carbocycles. The number of hydrogen-bond donors (Lipinski definition) is 0. The summed E-state index contributed by atoms with van der Waals surface area (Å²) in [4.78, 5) is 0. The van der Waals surface area contributed by atoms with E-state index >= 15 is 0 Å². The lowest BCUT2D eigenvalue weighted by Crippen LogP contribution is -2.61. The maximum absolute atomic E-state index is 2.80. The highest BCUT2D eigenvalue weighted by Gasteiger charge is 2.75. The van der Waals surface area contributed by atoms with Gasteiger partial charge in [0.15, 0.2) is 0 Å². The van der Waals surface area contributed by atoms with Crippen molar-refractivity contribution in [3.8, 4) is 0 Å². The van der Waals surface area contributed by atoms with Crippen LogP contribution in [0.3, 0.4) is 0 Å². The molecule has 1 unspecified atom stereocenters. The number of allylic oxidation sites excluding steroid dienone is 4. The van der Waals surface area contributed by atoms with E-state index in [2.05, 4.69) is 69.3 Å². The lowest BCUT2D eigenvalue weighted by atomic mass is 9.37. The minimum Gasteiger partial charge on any atom is -0.0810 e. The molecule has 1 atom stereocenters. The second-order valence-electron chi connectivity index (χ2n) is 28.5. The minimum absolute atomic E-state index is 0.193. The summed E-state index contributed by atoms with van der Waals surface area (Å²) < 4.78 is 0. The molecule has 0 radical (unpaired) electrons. The predicted molar refractivity (Wildman–Crippen MR) is 324 cm³/mol. The summed E-state index contributed by atoms with van der Waals surface area (Å²) in [6.45, 7) is 7.97. The third kappa shape index (κ3) is 1.66. The Hall–Kier alpha value is -8.84. The summed E-state index contributed by atoms with van der Waals surface area (Å²) >= 11 is 0. The van der Waals surface area contributed by atoms with E-state index < -0.39 is 10.8 Å². The van der Waals surface area contributed by atoms with Crippen LogP contribution < -0.4 is 0 Å². The van der Waals surface area contributed by atoms with Gasteiger partial charge in [0.1, 0.15) is 0 Å². The molecule has 0 N–H and O–H groups in total. The molecule has 29 aromatic carbocycles. The van der Waals surface area contributed by atoms with Crippen molar-refractivity contribution in [2.24, 2.45) is 5.41 Å². The standard InChI is InChI=1S/C76H20/c1-13-9-10-15(14-7-5-4-6-8-14)75-70-62-54-44-34-26-18-16-17-20-24-22(18)30-38-32(24)42-36-28(20)29-21(17)25-23-19(16)27(26)35-41-31(23)39-33(25)43-37(29)47-46(36)58-52(42)60-50(38)56(48(54)40(30)34)64(70)66(60)72-68(58)69-59(47)53(43)61-51(39)57-49(41)55(45(35)44)63(62)71(75)65(57)67(61)73(69)76(72,75)74(2,3)12-11-13/h4-9,11-12,15H,10H2,1-3H3/b12-11+,13-9+. The zero-order valence-electron chi connectivity index (χ0n) is 40.4. The van der Waals surface area contributed by atoms with E-state index in [1.165, 1.54) is 11.1 Å². The Morgan fingerprint density at radius 3 is 0.763 bits per heavy atom. The summed E-state index contributed by atoms with van der Waals surface area (Å²) in [5, 5.41) is 90.1. The fraction of sp³-hybridized carbons (Fsp3) is 0.105. The average molecular weight is 933 g/mol. The van der Waals surface area contributed by atoms with E-state index in [9.17, 15) is 0 Å². The third-order valence-corrected chi connectivity index (χ3v) is 27.5. The molecule has 0 fully saturated rings. The molecule has 0 saturated heterocycles. The van der Waals surface area contributed by atoms with Crippen LogP contribution >= 0.6 is 0 Å². The molecule has 34 rings (SSSR count). The Bertz CT molecular complexity index is 7480. The Labute approximate surface area is 419 Å². The first kappa shape index (κ1) is 29.9. The molecule has 5 aliphatic rings. The summed E-state index contributed by atoms with van der Waals surface area (Å²) in [5.41, 5.74) is 8.88. The average Bonchev–Trinajstić information content (AvgIpc) is 1.61. The van der Waals surface area contributed by atoms with Crippen molar-refractivity contribution < 1.29 is 0 Å². The highest BCUT2D eigenvalue weighted by molar-refractivity contribution is 6.82. The summed E-state index contributed by atoms with van der Waals surface area (Å²) in [7, 11) is 0. The van der Waals surface area contributed by atoms with E-state index in [-0.39, 0.29) is 11.3 Å². The molecule has 0 heteroatoms. The molecule has 0 bridgehead atoms. The zero-order chi connectivity index (χ0) is 46.1.